The Labute approximate surface area is 109 Å². The molecular weight excluding hydrogens is 267 g/mol. The molecule has 1 atom stereocenters. The molecule has 2 N–H and O–H groups in total. The molecule has 0 aromatic heterocycles. The maximum atomic E-state index is 13.0. The maximum absolute atomic E-state index is 13.0. The highest BCUT2D eigenvalue weighted by molar-refractivity contribution is 5.85. The van der Waals surface area contributed by atoms with E-state index >= 15 is 0 Å². The highest BCUT2D eigenvalue weighted by Gasteiger charge is 2.64. The molecule has 0 saturated carbocycles. The van der Waals surface area contributed by atoms with Crippen LogP contribution in [0.25, 0.3) is 0 Å². The van der Waals surface area contributed by atoms with E-state index in [9.17, 15) is 22.8 Å². The number of carboxylic acids is 1. The van der Waals surface area contributed by atoms with Crippen molar-refractivity contribution >= 4 is 12.1 Å². The van der Waals surface area contributed by atoms with Crippen molar-refractivity contribution in [2.45, 2.75) is 51.9 Å². The zero-order valence-corrected chi connectivity index (χ0v) is 11.4. The fraction of sp³-hybridized carbons (Fsp3) is 0.818. The van der Waals surface area contributed by atoms with E-state index in [1.807, 2.05) is 0 Å². The second kappa shape index (κ2) is 5.26. The van der Waals surface area contributed by atoms with Gasteiger partial charge in [0, 0.05) is 0 Å². The minimum atomic E-state index is -5.15. The van der Waals surface area contributed by atoms with Crippen LogP contribution < -0.4 is 5.32 Å². The van der Waals surface area contributed by atoms with Gasteiger partial charge >= 0.3 is 18.2 Å². The van der Waals surface area contributed by atoms with Crippen LogP contribution in [0.2, 0.25) is 0 Å². The standard InChI is InChI=1S/C11H18F3NO4/c1-6(2)10(7(16)17,11(12,13)14)15-8(18)19-9(3,4)5/h6H,1-5H3,(H,15,18)(H,16,17). The third kappa shape index (κ3) is 4.00. The number of amides is 1. The van der Waals surface area contributed by atoms with Crippen molar-refractivity contribution in [3.8, 4) is 0 Å². The quantitative estimate of drug-likeness (QED) is 0.835. The second-order valence-corrected chi connectivity index (χ2v) is 5.39. The summed E-state index contributed by atoms with van der Waals surface area (Å²) in [5.41, 5.74) is -4.41. The number of aliphatic carboxylic acids is 1. The van der Waals surface area contributed by atoms with Gasteiger partial charge in [0.05, 0.1) is 0 Å². The van der Waals surface area contributed by atoms with E-state index in [0.717, 1.165) is 13.8 Å². The number of halogens is 3. The van der Waals surface area contributed by atoms with Gasteiger partial charge in [-0.05, 0) is 26.7 Å². The molecule has 0 aromatic rings. The maximum Gasteiger partial charge on any atom is 0.422 e. The molecule has 19 heavy (non-hydrogen) atoms. The summed E-state index contributed by atoms with van der Waals surface area (Å²) >= 11 is 0. The largest absolute Gasteiger partial charge is 0.479 e. The Morgan fingerprint density at radius 2 is 1.58 bits per heavy atom. The van der Waals surface area contributed by atoms with Crippen molar-refractivity contribution in [3.63, 3.8) is 0 Å². The molecule has 0 aliphatic heterocycles. The molecule has 0 fully saturated rings. The van der Waals surface area contributed by atoms with Crippen molar-refractivity contribution in [2.75, 3.05) is 0 Å². The van der Waals surface area contributed by atoms with Gasteiger partial charge in [-0.15, -0.1) is 0 Å². The fourth-order valence-electron chi connectivity index (χ4n) is 1.43. The van der Waals surface area contributed by atoms with Crippen LogP contribution in [0.1, 0.15) is 34.6 Å². The van der Waals surface area contributed by atoms with Crippen LogP contribution >= 0.6 is 0 Å². The van der Waals surface area contributed by atoms with E-state index in [1.165, 1.54) is 26.1 Å². The van der Waals surface area contributed by atoms with Gasteiger partial charge in [0.1, 0.15) is 5.60 Å². The zero-order chi connectivity index (χ0) is 15.6. The SMILES string of the molecule is CC(C)C(NC(=O)OC(C)(C)C)(C(=O)O)C(F)(F)F. The highest BCUT2D eigenvalue weighted by atomic mass is 19.4. The van der Waals surface area contributed by atoms with Gasteiger partial charge in [0.2, 0.25) is 5.54 Å². The van der Waals surface area contributed by atoms with E-state index < -0.39 is 35.3 Å². The lowest BCUT2D eigenvalue weighted by Gasteiger charge is -2.36. The average Bonchev–Trinajstić information content (AvgIpc) is 2.07. The average molecular weight is 285 g/mol. The minimum Gasteiger partial charge on any atom is -0.479 e. The summed E-state index contributed by atoms with van der Waals surface area (Å²) in [4.78, 5) is 22.5. The summed E-state index contributed by atoms with van der Waals surface area (Å²) in [5.74, 6) is -3.58. The molecule has 0 aliphatic rings. The monoisotopic (exact) mass is 285 g/mol. The Morgan fingerprint density at radius 3 is 1.79 bits per heavy atom. The van der Waals surface area contributed by atoms with Crippen LogP contribution in [0.3, 0.4) is 0 Å². The number of hydrogen-bond donors (Lipinski definition) is 2. The molecule has 112 valence electrons. The molecule has 0 bridgehead atoms. The van der Waals surface area contributed by atoms with Gasteiger partial charge < -0.3 is 9.84 Å². The van der Waals surface area contributed by atoms with Crippen molar-refractivity contribution in [2.24, 2.45) is 5.92 Å². The number of carboxylic acid groups (broad SMARTS) is 1. The molecule has 0 aliphatic carbocycles. The van der Waals surface area contributed by atoms with E-state index in [2.05, 4.69) is 4.74 Å². The van der Waals surface area contributed by atoms with Crippen molar-refractivity contribution in [3.05, 3.63) is 0 Å². The van der Waals surface area contributed by atoms with Crippen LogP contribution in [-0.2, 0) is 9.53 Å². The van der Waals surface area contributed by atoms with E-state index in [1.54, 1.807) is 0 Å². The van der Waals surface area contributed by atoms with Crippen molar-refractivity contribution < 1.29 is 32.6 Å². The van der Waals surface area contributed by atoms with E-state index in [4.69, 9.17) is 5.11 Å². The number of alkyl halides is 3. The molecule has 0 rings (SSSR count). The van der Waals surface area contributed by atoms with Crippen molar-refractivity contribution in [1.29, 1.82) is 0 Å². The van der Waals surface area contributed by atoms with Gasteiger partial charge in [0.25, 0.3) is 0 Å². The molecule has 8 heteroatoms. The Balaban J connectivity index is 5.42. The summed E-state index contributed by atoms with van der Waals surface area (Å²) in [6, 6.07) is 0. The topological polar surface area (TPSA) is 75.6 Å². The van der Waals surface area contributed by atoms with Gasteiger partial charge in [-0.3, -0.25) is 5.32 Å². The lowest BCUT2D eigenvalue weighted by Crippen LogP contribution is -2.67. The second-order valence-electron chi connectivity index (χ2n) is 5.39. The Kier molecular flexibility index (Phi) is 4.85. The predicted octanol–water partition coefficient (Wildman–Crippen LogP) is 2.55. The minimum absolute atomic E-state index is 1.03. The Hall–Kier alpha value is -1.47. The molecule has 0 aromatic carbocycles. The number of alkyl carbamates (subject to hydrolysis) is 1. The third-order valence-electron chi connectivity index (χ3n) is 2.35. The van der Waals surface area contributed by atoms with Gasteiger partial charge in [-0.2, -0.15) is 13.2 Å². The van der Waals surface area contributed by atoms with Crippen LogP contribution in [0.4, 0.5) is 18.0 Å². The summed E-state index contributed by atoms with van der Waals surface area (Å²) in [6.45, 7) is 6.48. The van der Waals surface area contributed by atoms with E-state index in [-0.39, 0.29) is 0 Å². The number of nitrogens with one attached hydrogen (secondary N) is 1. The number of hydrogen-bond acceptors (Lipinski definition) is 3. The predicted molar refractivity (Wildman–Crippen MR) is 60.6 cm³/mol. The summed E-state index contributed by atoms with van der Waals surface area (Å²) in [7, 11) is 0. The zero-order valence-electron chi connectivity index (χ0n) is 11.4. The summed E-state index contributed by atoms with van der Waals surface area (Å²) in [6.07, 6.45) is -6.58. The summed E-state index contributed by atoms with van der Waals surface area (Å²) < 4.78 is 43.7. The first kappa shape index (κ1) is 17.5. The first-order valence-corrected chi connectivity index (χ1v) is 5.55. The van der Waals surface area contributed by atoms with Crippen molar-refractivity contribution in [1.82, 2.24) is 5.32 Å². The van der Waals surface area contributed by atoms with Gasteiger partial charge in [-0.25, -0.2) is 9.59 Å². The fourth-order valence-corrected chi connectivity index (χ4v) is 1.43. The third-order valence-corrected chi connectivity index (χ3v) is 2.35. The molecule has 0 radical (unpaired) electrons. The number of rotatable bonds is 3. The molecule has 0 heterocycles. The van der Waals surface area contributed by atoms with Crippen LogP contribution in [-0.4, -0.2) is 34.5 Å². The molecule has 1 amide bonds. The molecule has 0 saturated heterocycles. The Bertz CT molecular complexity index is 360. The number of carbonyl (C=O) groups excluding carboxylic acids is 1. The summed E-state index contributed by atoms with van der Waals surface area (Å²) in [5, 5.41) is 10.3. The molecule has 1 unspecified atom stereocenters. The smallest absolute Gasteiger partial charge is 0.422 e. The van der Waals surface area contributed by atoms with Gasteiger partial charge in [0.15, 0.2) is 0 Å². The van der Waals surface area contributed by atoms with Crippen LogP contribution in [0, 0.1) is 5.92 Å². The molecular formula is C11H18F3NO4. The van der Waals surface area contributed by atoms with Crippen LogP contribution in [0.15, 0.2) is 0 Å². The first-order chi connectivity index (χ1) is 8.24. The Morgan fingerprint density at radius 1 is 1.16 bits per heavy atom. The highest BCUT2D eigenvalue weighted by Crippen LogP contribution is 2.37. The lowest BCUT2D eigenvalue weighted by atomic mass is 9.85. The van der Waals surface area contributed by atoms with E-state index in [0.29, 0.717) is 0 Å². The number of ether oxygens (including phenoxy) is 1. The normalized spacial score (nSPS) is 15.8. The first-order valence-electron chi connectivity index (χ1n) is 5.55. The van der Waals surface area contributed by atoms with Gasteiger partial charge in [-0.1, -0.05) is 13.8 Å². The van der Waals surface area contributed by atoms with Crippen LogP contribution in [0.5, 0.6) is 0 Å². The molecule has 0 spiro atoms. The number of carbonyl (C=O) groups is 2. The molecule has 5 nitrogen and oxygen atoms in total. The lowest BCUT2D eigenvalue weighted by molar-refractivity contribution is -0.218.